The van der Waals surface area contributed by atoms with Gasteiger partial charge in [-0.05, 0) is 28.7 Å². The Bertz CT molecular complexity index is 1110. The molecule has 1 atom stereocenters. The van der Waals surface area contributed by atoms with Gasteiger partial charge in [0.15, 0.2) is 6.61 Å². The first-order chi connectivity index (χ1) is 16.4. The summed E-state index contributed by atoms with van der Waals surface area (Å²) in [7, 11) is 0. The molecule has 0 fully saturated rings. The Hall–Kier alpha value is -3.50. The predicted molar refractivity (Wildman–Crippen MR) is 121 cm³/mol. The van der Waals surface area contributed by atoms with E-state index in [0.29, 0.717) is 11.4 Å². The number of carbonyl (C=O) groups excluding carboxylic acids is 1. The van der Waals surface area contributed by atoms with Crippen molar-refractivity contribution in [1.82, 2.24) is 25.3 Å². The smallest absolute Gasteiger partial charge is 0.422 e. The molecule has 0 bridgehead atoms. The van der Waals surface area contributed by atoms with Crippen LogP contribution in [0, 0.1) is 0 Å². The molecule has 3 aromatic rings. The van der Waals surface area contributed by atoms with Gasteiger partial charge >= 0.3 is 6.18 Å². The lowest BCUT2D eigenvalue weighted by atomic mass is 9.86. The summed E-state index contributed by atoms with van der Waals surface area (Å²) in [4.78, 5) is 17.0. The molecular formula is C24H27F4N5O2. The summed E-state index contributed by atoms with van der Waals surface area (Å²) in [5, 5.41) is 10.7. The van der Waals surface area contributed by atoms with Gasteiger partial charge in [0.05, 0.1) is 31.1 Å². The van der Waals surface area contributed by atoms with Crippen LogP contribution in [-0.4, -0.2) is 45.3 Å². The van der Waals surface area contributed by atoms with Crippen LogP contribution in [0.5, 0.6) is 5.75 Å². The number of rotatable bonds is 9. The van der Waals surface area contributed by atoms with E-state index in [4.69, 9.17) is 4.74 Å². The minimum Gasteiger partial charge on any atom is -0.483 e. The van der Waals surface area contributed by atoms with Crippen molar-refractivity contribution in [2.24, 2.45) is 0 Å². The second-order valence-electron chi connectivity index (χ2n) is 9.04. The first-order valence-electron chi connectivity index (χ1n) is 10.9. The Kier molecular flexibility index (Phi) is 8.08. The van der Waals surface area contributed by atoms with Crippen LogP contribution in [0.2, 0.25) is 0 Å². The number of ether oxygens (including phenoxy) is 1. The molecule has 0 aliphatic carbocycles. The largest absolute Gasteiger partial charge is 0.483 e. The van der Waals surface area contributed by atoms with Gasteiger partial charge in [-0.2, -0.15) is 13.2 Å². The summed E-state index contributed by atoms with van der Waals surface area (Å²) in [6.45, 7) is 4.20. The van der Waals surface area contributed by atoms with Gasteiger partial charge in [-0.15, -0.1) is 5.10 Å². The van der Waals surface area contributed by atoms with E-state index < -0.39 is 25.5 Å². The summed E-state index contributed by atoms with van der Waals surface area (Å²) < 4.78 is 55.9. The number of alkyl halides is 4. The fraction of sp³-hybridized carbons (Fsp3) is 0.417. The number of aromatic nitrogens is 4. The van der Waals surface area contributed by atoms with Crippen molar-refractivity contribution < 1.29 is 27.1 Å². The molecule has 7 nitrogen and oxygen atoms in total. The zero-order chi connectivity index (χ0) is 25.6. The van der Waals surface area contributed by atoms with Crippen molar-refractivity contribution >= 4 is 5.91 Å². The molecule has 1 aromatic carbocycles. The van der Waals surface area contributed by atoms with Crippen LogP contribution in [-0.2, 0) is 23.2 Å². The van der Waals surface area contributed by atoms with E-state index in [1.165, 1.54) is 23.0 Å². The molecule has 35 heavy (non-hydrogen) atoms. The molecule has 2 heterocycles. The van der Waals surface area contributed by atoms with Crippen molar-refractivity contribution in [2.75, 3.05) is 13.3 Å². The average molecular weight is 494 g/mol. The van der Waals surface area contributed by atoms with Crippen LogP contribution >= 0.6 is 0 Å². The number of hydrogen-bond donors (Lipinski definition) is 1. The van der Waals surface area contributed by atoms with Crippen LogP contribution in [0.3, 0.4) is 0 Å². The highest BCUT2D eigenvalue weighted by atomic mass is 19.4. The fourth-order valence-corrected chi connectivity index (χ4v) is 3.27. The highest BCUT2D eigenvalue weighted by molar-refractivity contribution is 5.79. The molecule has 1 amide bonds. The first kappa shape index (κ1) is 26.1. The van der Waals surface area contributed by atoms with Gasteiger partial charge in [0.25, 0.3) is 0 Å². The minimum atomic E-state index is -4.48. The minimum absolute atomic E-state index is 0.00849. The quantitative estimate of drug-likeness (QED) is 0.449. The number of carbonyl (C=O) groups is 1. The molecule has 11 heteroatoms. The van der Waals surface area contributed by atoms with E-state index >= 15 is 0 Å². The monoisotopic (exact) mass is 493 g/mol. The first-order valence-corrected chi connectivity index (χ1v) is 10.9. The molecule has 0 spiro atoms. The maximum absolute atomic E-state index is 12.9. The number of nitrogens with one attached hydrogen (secondary N) is 1. The van der Waals surface area contributed by atoms with E-state index in [0.717, 1.165) is 17.3 Å². The number of hydrogen-bond acceptors (Lipinski definition) is 5. The Morgan fingerprint density at radius 1 is 1.09 bits per heavy atom. The van der Waals surface area contributed by atoms with Crippen LogP contribution in [0.15, 0.2) is 48.8 Å². The van der Waals surface area contributed by atoms with E-state index in [9.17, 15) is 22.4 Å². The van der Waals surface area contributed by atoms with Crippen LogP contribution in [0.1, 0.15) is 49.3 Å². The summed E-state index contributed by atoms with van der Waals surface area (Å²) in [5.41, 5.74) is 2.55. The Balaban J connectivity index is 1.77. The molecule has 0 aliphatic heterocycles. The molecular weight excluding hydrogens is 466 g/mol. The zero-order valence-electron chi connectivity index (χ0n) is 19.6. The number of amides is 1. The average Bonchev–Trinajstić information content (AvgIpc) is 3.24. The lowest BCUT2D eigenvalue weighted by Crippen LogP contribution is -2.31. The Morgan fingerprint density at radius 2 is 1.80 bits per heavy atom. The normalized spacial score (nSPS) is 12.9. The molecule has 0 saturated carbocycles. The van der Waals surface area contributed by atoms with Gasteiger partial charge in [-0.3, -0.25) is 9.78 Å². The van der Waals surface area contributed by atoms with E-state index in [-0.39, 0.29) is 30.0 Å². The molecule has 1 unspecified atom stereocenters. The zero-order valence-corrected chi connectivity index (χ0v) is 19.6. The SMILES string of the molecule is CC(C)(C)c1ccc(CC(=O)NC(c2ccc(OCC(F)(F)F)cn2)c2cn(CCF)nn2)cc1. The van der Waals surface area contributed by atoms with Gasteiger partial charge in [-0.25, -0.2) is 9.07 Å². The predicted octanol–water partition coefficient (Wildman–Crippen LogP) is 4.33. The summed E-state index contributed by atoms with van der Waals surface area (Å²) in [6, 6.07) is 9.64. The highest BCUT2D eigenvalue weighted by Crippen LogP contribution is 2.24. The second-order valence-corrected chi connectivity index (χ2v) is 9.04. The molecule has 1 N–H and O–H groups in total. The van der Waals surface area contributed by atoms with Gasteiger partial charge in [0, 0.05) is 0 Å². The molecule has 0 radical (unpaired) electrons. The van der Waals surface area contributed by atoms with E-state index in [1.807, 2.05) is 24.3 Å². The van der Waals surface area contributed by atoms with Gasteiger partial charge in [0.1, 0.15) is 24.2 Å². The maximum atomic E-state index is 12.9. The van der Waals surface area contributed by atoms with Crippen LogP contribution in [0.25, 0.3) is 0 Å². The standard InChI is InChI=1S/C24H27F4N5O2/c1-23(2,3)17-6-4-16(5-7-17)12-21(34)30-22(20-14-33(11-10-25)32-31-20)19-9-8-18(13-29-19)35-15-24(26,27)28/h4-9,13-14,22H,10-12,15H2,1-3H3,(H,30,34). The van der Waals surface area contributed by atoms with Crippen molar-refractivity contribution in [3.8, 4) is 5.75 Å². The van der Waals surface area contributed by atoms with Crippen LogP contribution in [0.4, 0.5) is 17.6 Å². The number of pyridine rings is 1. The summed E-state index contributed by atoms with van der Waals surface area (Å²) in [5.74, 6) is -0.395. The molecule has 188 valence electrons. The van der Waals surface area contributed by atoms with E-state index in [1.54, 1.807) is 0 Å². The summed E-state index contributed by atoms with van der Waals surface area (Å²) in [6.07, 6.45) is -1.77. The number of nitrogens with zero attached hydrogens (tertiary/aromatic N) is 4. The van der Waals surface area contributed by atoms with Crippen molar-refractivity contribution in [3.05, 3.63) is 71.3 Å². The molecule has 2 aromatic heterocycles. The van der Waals surface area contributed by atoms with Crippen molar-refractivity contribution in [2.45, 2.75) is 51.4 Å². The topological polar surface area (TPSA) is 81.9 Å². The van der Waals surface area contributed by atoms with Gasteiger partial charge in [0.2, 0.25) is 5.91 Å². The van der Waals surface area contributed by atoms with Crippen molar-refractivity contribution in [1.29, 1.82) is 0 Å². The third-order valence-electron chi connectivity index (χ3n) is 5.11. The van der Waals surface area contributed by atoms with Gasteiger partial charge < -0.3 is 10.1 Å². The third-order valence-corrected chi connectivity index (χ3v) is 5.11. The third kappa shape index (κ3) is 7.76. The second kappa shape index (κ2) is 10.8. The number of benzene rings is 1. The number of aryl methyl sites for hydroxylation is 1. The van der Waals surface area contributed by atoms with Crippen LogP contribution < -0.4 is 10.1 Å². The molecule has 0 aliphatic rings. The number of halogens is 4. The Labute approximate surface area is 200 Å². The fourth-order valence-electron chi connectivity index (χ4n) is 3.27. The Morgan fingerprint density at radius 3 is 2.37 bits per heavy atom. The lowest BCUT2D eigenvalue weighted by Gasteiger charge is -2.19. The maximum Gasteiger partial charge on any atom is 0.422 e. The van der Waals surface area contributed by atoms with Gasteiger partial charge in [-0.1, -0.05) is 50.3 Å². The molecule has 3 rings (SSSR count). The summed E-state index contributed by atoms with van der Waals surface area (Å²) >= 11 is 0. The van der Waals surface area contributed by atoms with Crippen molar-refractivity contribution in [3.63, 3.8) is 0 Å². The lowest BCUT2D eigenvalue weighted by molar-refractivity contribution is -0.153. The molecule has 0 saturated heterocycles. The van der Waals surface area contributed by atoms with E-state index in [2.05, 4.69) is 41.4 Å². The highest BCUT2D eigenvalue weighted by Gasteiger charge is 2.28.